The zero-order chi connectivity index (χ0) is 16.0. The second-order valence-corrected chi connectivity index (χ2v) is 7.24. The van der Waals surface area contributed by atoms with Gasteiger partial charge in [-0.25, -0.2) is 18.1 Å². The van der Waals surface area contributed by atoms with Gasteiger partial charge in [0, 0.05) is 17.4 Å². The zero-order valence-electron chi connectivity index (χ0n) is 12.3. The highest BCUT2D eigenvalue weighted by Crippen LogP contribution is 2.29. The molecular formula is C14H14N6O2S. The minimum Gasteiger partial charge on any atom is -0.306 e. The molecule has 0 bridgehead atoms. The monoisotopic (exact) mass is 330 g/mol. The summed E-state index contributed by atoms with van der Waals surface area (Å²) < 4.78 is 29.5. The fourth-order valence-corrected chi connectivity index (χ4v) is 3.54. The highest BCUT2D eigenvalue weighted by Gasteiger charge is 2.25. The van der Waals surface area contributed by atoms with E-state index in [0.717, 1.165) is 16.9 Å². The number of sulfonamides is 1. The molecule has 0 saturated heterocycles. The Balaban J connectivity index is 1.71. The van der Waals surface area contributed by atoms with E-state index in [9.17, 15) is 8.42 Å². The molecule has 0 fully saturated rings. The van der Waals surface area contributed by atoms with Crippen LogP contribution >= 0.6 is 0 Å². The summed E-state index contributed by atoms with van der Waals surface area (Å²) in [4.78, 5) is 4.20. The fraction of sp³-hybridized carbons (Fsp3) is 0.214. The highest BCUT2D eigenvalue weighted by atomic mass is 32.2. The van der Waals surface area contributed by atoms with E-state index in [1.165, 1.54) is 0 Å². The van der Waals surface area contributed by atoms with Gasteiger partial charge in [0.15, 0.2) is 5.82 Å². The maximum atomic E-state index is 11.7. The third kappa shape index (κ3) is 2.48. The third-order valence-corrected chi connectivity index (χ3v) is 4.93. The molecule has 0 aliphatic carbocycles. The molecule has 0 unspecified atom stereocenters. The number of benzene rings is 1. The number of rotatable bonds is 2. The van der Waals surface area contributed by atoms with Crippen LogP contribution in [-0.4, -0.2) is 38.7 Å². The quantitative estimate of drug-likeness (QED) is 0.762. The van der Waals surface area contributed by atoms with Gasteiger partial charge in [0.05, 0.1) is 24.3 Å². The standard InChI is InChI=1S/C14H14N6O2S/c1-10-8-19(9-15-10)12-4-2-11(3-5-12)13-14-17-23(21,22)7-6-20(14)18-16-13/h2-5,8-9,17H,6-7H2,1H3. The first-order valence-electron chi connectivity index (χ1n) is 7.07. The summed E-state index contributed by atoms with van der Waals surface area (Å²) in [6.07, 6.45) is 3.68. The topological polar surface area (TPSA) is 94.7 Å². The lowest BCUT2D eigenvalue weighted by atomic mass is 10.1. The van der Waals surface area contributed by atoms with E-state index in [1.54, 1.807) is 11.0 Å². The molecule has 1 aliphatic heterocycles. The molecule has 1 N–H and O–H groups in total. The Hall–Kier alpha value is -2.68. The second kappa shape index (κ2) is 4.92. The molecule has 9 heteroatoms. The molecule has 0 radical (unpaired) electrons. The summed E-state index contributed by atoms with van der Waals surface area (Å²) >= 11 is 0. The number of hydrogen-bond acceptors (Lipinski definition) is 5. The largest absolute Gasteiger partial charge is 0.306 e. The van der Waals surface area contributed by atoms with Gasteiger partial charge in [0.25, 0.3) is 0 Å². The first-order chi connectivity index (χ1) is 11.0. The van der Waals surface area contributed by atoms with Crippen molar-refractivity contribution < 1.29 is 8.42 Å². The molecule has 3 aromatic rings. The van der Waals surface area contributed by atoms with Crippen molar-refractivity contribution in [3.05, 3.63) is 42.5 Å². The molecule has 1 aliphatic rings. The van der Waals surface area contributed by atoms with E-state index in [-0.39, 0.29) is 5.75 Å². The lowest BCUT2D eigenvalue weighted by molar-refractivity contribution is 0.570. The molecule has 4 rings (SSSR count). The third-order valence-electron chi connectivity index (χ3n) is 3.71. The lowest BCUT2D eigenvalue weighted by Crippen LogP contribution is -2.28. The number of nitrogens with zero attached hydrogens (tertiary/aromatic N) is 5. The first kappa shape index (κ1) is 13.9. The Labute approximate surface area is 132 Å². The molecule has 1 aromatic carbocycles. The fourth-order valence-electron chi connectivity index (χ4n) is 2.52. The van der Waals surface area contributed by atoms with Crippen LogP contribution in [0.4, 0.5) is 5.82 Å². The predicted octanol–water partition coefficient (Wildman–Crippen LogP) is 1.19. The van der Waals surface area contributed by atoms with Crippen LogP contribution in [-0.2, 0) is 16.6 Å². The number of hydrogen-bond donors (Lipinski definition) is 1. The highest BCUT2D eigenvalue weighted by molar-refractivity contribution is 7.92. The first-order valence-corrected chi connectivity index (χ1v) is 8.72. The number of nitrogens with one attached hydrogen (secondary N) is 1. The second-order valence-electron chi connectivity index (χ2n) is 5.40. The molecular weight excluding hydrogens is 316 g/mol. The van der Waals surface area contributed by atoms with Crippen LogP contribution in [0.25, 0.3) is 16.9 Å². The van der Waals surface area contributed by atoms with Crippen LogP contribution in [0.15, 0.2) is 36.8 Å². The predicted molar refractivity (Wildman–Crippen MR) is 84.7 cm³/mol. The number of aromatic nitrogens is 5. The number of imidazole rings is 1. The summed E-state index contributed by atoms with van der Waals surface area (Å²) in [5.41, 5.74) is 3.24. The van der Waals surface area contributed by atoms with E-state index >= 15 is 0 Å². The normalized spacial score (nSPS) is 15.9. The van der Waals surface area contributed by atoms with E-state index in [4.69, 9.17) is 0 Å². The van der Waals surface area contributed by atoms with E-state index in [0.29, 0.717) is 18.1 Å². The Bertz CT molecular complexity index is 971. The van der Waals surface area contributed by atoms with Crippen LogP contribution in [0.5, 0.6) is 0 Å². The molecule has 2 aromatic heterocycles. The molecule has 0 saturated carbocycles. The Morgan fingerprint density at radius 1 is 1.22 bits per heavy atom. The van der Waals surface area contributed by atoms with Crippen LogP contribution in [0.3, 0.4) is 0 Å². The van der Waals surface area contributed by atoms with Gasteiger partial charge in [-0.1, -0.05) is 17.3 Å². The Morgan fingerprint density at radius 2 is 2.00 bits per heavy atom. The molecule has 0 amide bonds. The summed E-state index contributed by atoms with van der Waals surface area (Å²) in [6, 6.07) is 7.63. The molecule has 3 heterocycles. The van der Waals surface area contributed by atoms with Gasteiger partial charge in [0.1, 0.15) is 5.69 Å². The van der Waals surface area contributed by atoms with E-state index < -0.39 is 10.0 Å². The average Bonchev–Trinajstić information content (AvgIpc) is 3.12. The number of fused-ring (bicyclic) bond motifs is 1. The summed E-state index contributed by atoms with van der Waals surface area (Å²) in [5.74, 6) is 0.435. The van der Waals surface area contributed by atoms with Gasteiger partial charge in [-0.3, -0.25) is 4.72 Å². The van der Waals surface area contributed by atoms with Gasteiger partial charge < -0.3 is 4.57 Å². The summed E-state index contributed by atoms with van der Waals surface area (Å²) in [7, 11) is -3.31. The van der Waals surface area contributed by atoms with Crippen molar-refractivity contribution in [1.29, 1.82) is 0 Å². The summed E-state index contributed by atoms with van der Waals surface area (Å²) in [5, 5.41) is 8.11. The SMILES string of the molecule is Cc1cn(-c2ccc(-c3nnn4c3NS(=O)(=O)CC4)cc2)cn1. The smallest absolute Gasteiger partial charge is 0.235 e. The Kier molecular flexibility index (Phi) is 2.98. The van der Waals surface area contributed by atoms with Crippen LogP contribution < -0.4 is 4.72 Å². The van der Waals surface area contributed by atoms with Crippen LogP contribution in [0, 0.1) is 6.92 Å². The minimum atomic E-state index is -3.31. The van der Waals surface area contributed by atoms with Gasteiger partial charge in [0.2, 0.25) is 10.0 Å². The molecule has 23 heavy (non-hydrogen) atoms. The molecule has 118 valence electrons. The Morgan fingerprint density at radius 3 is 2.70 bits per heavy atom. The van der Waals surface area contributed by atoms with Crippen molar-refractivity contribution in [3.8, 4) is 16.9 Å². The maximum absolute atomic E-state index is 11.7. The van der Waals surface area contributed by atoms with Crippen molar-refractivity contribution >= 4 is 15.8 Å². The zero-order valence-corrected chi connectivity index (χ0v) is 13.2. The van der Waals surface area contributed by atoms with Gasteiger partial charge in [-0.05, 0) is 19.1 Å². The minimum absolute atomic E-state index is 0.0156. The van der Waals surface area contributed by atoms with Crippen molar-refractivity contribution in [1.82, 2.24) is 24.5 Å². The van der Waals surface area contributed by atoms with Crippen molar-refractivity contribution in [2.45, 2.75) is 13.5 Å². The molecule has 0 atom stereocenters. The average molecular weight is 330 g/mol. The van der Waals surface area contributed by atoms with Gasteiger partial charge in [-0.15, -0.1) is 5.10 Å². The maximum Gasteiger partial charge on any atom is 0.235 e. The van der Waals surface area contributed by atoms with Crippen molar-refractivity contribution in [3.63, 3.8) is 0 Å². The van der Waals surface area contributed by atoms with Gasteiger partial charge in [-0.2, -0.15) is 0 Å². The van der Waals surface area contributed by atoms with Crippen molar-refractivity contribution in [2.24, 2.45) is 0 Å². The number of anilines is 1. The van der Waals surface area contributed by atoms with E-state index in [2.05, 4.69) is 20.0 Å². The van der Waals surface area contributed by atoms with Crippen molar-refractivity contribution in [2.75, 3.05) is 10.5 Å². The van der Waals surface area contributed by atoms with E-state index in [1.807, 2.05) is 42.0 Å². The van der Waals surface area contributed by atoms with Crippen LogP contribution in [0.2, 0.25) is 0 Å². The number of aryl methyl sites for hydroxylation is 2. The summed E-state index contributed by atoms with van der Waals surface area (Å²) in [6.45, 7) is 2.24. The van der Waals surface area contributed by atoms with Gasteiger partial charge >= 0.3 is 0 Å². The lowest BCUT2D eigenvalue weighted by Gasteiger charge is -2.16. The molecule has 8 nitrogen and oxygen atoms in total. The molecule has 0 spiro atoms. The van der Waals surface area contributed by atoms with Crippen LogP contribution in [0.1, 0.15) is 5.69 Å².